The van der Waals surface area contributed by atoms with Gasteiger partial charge in [-0.2, -0.15) is 0 Å². The molecule has 0 aliphatic heterocycles. The van der Waals surface area contributed by atoms with Crippen LogP contribution in [0.4, 0.5) is 10.1 Å². The summed E-state index contributed by atoms with van der Waals surface area (Å²) in [6.45, 7) is 5.89. The van der Waals surface area contributed by atoms with Gasteiger partial charge in [0.1, 0.15) is 5.82 Å². The highest BCUT2D eigenvalue weighted by atomic mass is 19.1. The van der Waals surface area contributed by atoms with Crippen LogP contribution in [0.25, 0.3) is 0 Å². The van der Waals surface area contributed by atoms with Crippen molar-refractivity contribution in [3.05, 3.63) is 65.5 Å². The van der Waals surface area contributed by atoms with Crippen molar-refractivity contribution >= 4 is 17.5 Å². The van der Waals surface area contributed by atoms with Crippen molar-refractivity contribution < 1.29 is 14.0 Å². The van der Waals surface area contributed by atoms with E-state index in [0.717, 1.165) is 18.4 Å². The molecule has 4 nitrogen and oxygen atoms in total. The summed E-state index contributed by atoms with van der Waals surface area (Å²) in [4.78, 5) is 27.1. The van der Waals surface area contributed by atoms with E-state index in [2.05, 4.69) is 5.32 Å². The summed E-state index contributed by atoms with van der Waals surface area (Å²) in [5, 5.41) is 2.86. The highest BCUT2D eigenvalue weighted by Crippen LogP contribution is 2.30. The lowest BCUT2D eigenvalue weighted by atomic mass is 9.95. The molecule has 1 saturated carbocycles. The number of nitrogens with zero attached hydrogens (tertiary/aromatic N) is 1. The van der Waals surface area contributed by atoms with E-state index in [1.54, 1.807) is 35.2 Å². The van der Waals surface area contributed by atoms with Gasteiger partial charge in [-0.25, -0.2) is 4.39 Å². The van der Waals surface area contributed by atoms with Crippen molar-refractivity contribution in [2.75, 3.05) is 5.32 Å². The third-order valence-corrected chi connectivity index (χ3v) is 4.54. The Morgan fingerprint density at radius 3 is 2.44 bits per heavy atom. The molecule has 0 aromatic heterocycles. The molecule has 1 fully saturated rings. The smallest absolute Gasteiger partial charge is 0.254 e. The van der Waals surface area contributed by atoms with Gasteiger partial charge in [0.15, 0.2) is 0 Å². The van der Waals surface area contributed by atoms with E-state index in [4.69, 9.17) is 0 Å². The van der Waals surface area contributed by atoms with E-state index < -0.39 is 5.41 Å². The van der Waals surface area contributed by atoms with Crippen LogP contribution < -0.4 is 5.32 Å². The summed E-state index contributed by atoms with van der Waals surface area (Å²) in [5.41, 5.74) is 1.37. The first-order chi connectivity index (χ1) is 12.7. The zero-order valence-corrected chi connectivity index (χ0v) is 16.0. The SMILES string of the molecule is CC(C)(C)C(=O)Nc1cccc(C(=O)N(Cc2cccc(F)c2)C2CC2)c1. The topological polar surface area (TPSA) is 49.4 Å². The van der Waals surface area contributed by atoms with E-state index in [0.29, 0.717) is 17.8 Å². The van der Waals surface area contributed by atoms with Gasteiger partial charge in [0.25, 0.3) is 5.91 Å². The van der Waals surface area contributed by atoms with E-state index in [-0.39, 0.29) is 23.7 Å². The third-order valence-electron chi connectivity index (χ3n) is 4.54. The molecule has 2 aromatic carbocycles. The molecule has 2 aromatic rings. The van der Waals surface area contributed by atoms with Gasteiger partial charge in [-0.3, -0.25) is 9.59 Å². The van der Waals surface area contributed by atoms with Gasteiger partial charge in [0.2, 0.25) is 5.91 Å². The summed E-state index contributed by atoms with van der Waals surface area (Å²) in [7, 11) is 0. The van der Waals surface area contributed by atoms with Gasteiger partial charge in [-0.15, -0.1) is 0 Å². The van der Waals surface area contributed by atoms with E-state index in [1.165, 1.54) is 12.1 Å². The molecular weight excluding hydrogens is 343 g/mol. The maximum atomic E-state index is 13.5. The molecule has 0 heterocycles. The summed E-state index contributed by atoms with van der Waals surface area (Å²) in [6.07, 6.45) is 1.92. The van der Waals surface area contributed by atoms with Crippen LogP contribution in [0.1, 0.15) is 49.5 Å². The Morgan fingerprint density at radius 2 is 1.81 bits per heavy atom. The van der Waals surface area contributed by atoms with E-state index in [1.807, 2.05) is 26.8 Å². The van der Waals surface area contributed by atoms with Crippen LogP contribution in [0.3, 0.4) is 0 Å². The molecular formula is C22H25FN2O2. The van der Waals surface area contributed by atoms with E-state index >= 15 is 0 Å². The summed E-state index contributed by atoms with van der Waals surface area (Å²) >= 11 is 0. The molecule has 0 atom stereocenters. The Labute approximate surface area is 159 Å². The van der Waals surface area contributed by atoms with Crippen LogP contribution in [0, 0.1) is 11.2 Å². The van der Waals surface area contributed by atoms with Gasteiger partial charge in [0.05, 0.1) is 0 Å². The van der Waals surface area contributed by atoms with Crippen LogP contribution in [0.5, 0.6) is 0 Å². The lowest BCUT2D eigenvalue weighted by molar-refractivity contribution is -0.123. The van der Waals surface area contributed by atoms with Crippen LogP contribution >= 0.6 is 0 Å². The maximum Gasteiger partial charge on any atom is 0.254 e. The first kappa shape index (κ1) is 19.1. The lowest BCUT2D eigenvalue weighted by Crippen LogP contribution is -2.33. The van der Waals surface area contributed by atoms with Crippen molar-refractivity contribution in [3.63, 3.8) is 0 Å². The van der Waals surface area contributed by atoms with Gasteiger partial charge >= 0.3 is 0 Å². The van der Waals surface area contributed by atoms with Gasteiger partial charge in [-0.05, 0) is 48.7 Å². The highest BCUT2D eigenvalue weighted by Gasteiger charge is 2.33. The van der Waals surface area contributed by atoms with Crippen LogP contribution in [-0.4, -0.2) is 22.8 Å². The Kier molecular flexibility index (Phi) is 5.31. The molecule has 3 rings (SSSR count). The minimum atomic E-state index is -0.516. The standard InChI is InChI=1S/C22H25FN2O2/c1-22(2,3)21(27)24-18-9-5-7-16(13-18)20(26)25(19-10-11-19)14-15-6-4-8-17(23)12-15/h4-9,12-13,19H,10-11,14H2,1-3H3,(H,24,27). The number of anilines is 1. The normalized spacial score (nSPS) is 13.9. The zero-order chi connectivity index (χ0) is 19.6. The second-order valence-electron chi connectivity index (χ2n) is 8.08. The highest BCUT2D eigenvalue weighted by molar-refractivity contribution is 5.98. The molecule has 5 heteroatoms. The van der Waals surface area contributed by atoms with Crippen LogP contribution in [-0.2, 0) is 11.3 Å². The summed E-state index contributed by atoms with van der Waals surface area (Å²) in [5.74, 6) is -0.512. The average Bonchev–Trinajstić information content (AvgIpc) is 3.43. The molecule has 27 heavy (non-hydrogen) atoms. The second kappa shape index (κ2) is 7.51. The fraction of sp³-hybridized carbons (Fsp3) is 0.364. The fourth-order valence-electron chi connectivity index (χ4n) is 2.80. The number of rotatable bonds is 5. The van der Waals surface area contributed by atoms with Crippen LogP contribution in [0.15, 0.2) is 48.5 Å². The molecule has 1 aliphatic rings. The number of hydrogen-bond donors (Lipinski definition) is 1. The van der Waals surface area contributed by atoms with Crippen molar-refractivity contribution in [1.82, 2.24) is 4.90 Å². The largest absolute Gasteiger partial charge is 0.331 e. The zero-order valence-electron chi connectivity index (χ0n) is 16.0. The maximum absolute atomic E-state index is 13.5. The molecule has 0 bridgehead atoms. The molecule has 0 spiro atoms. The van der Waals surface area contributed by atoms with Crippen molar-refractivity contribution in [3.8, 4) is 0 Å². The van der Waals surface area contributed by atoms with Crippen molar-refractivity contribution in [2.45, 2.75) is 46.2 Å². The molecule has 0 unspecified atom stereocenters. The number of benzene rings is 2. The third kappa shape index (κ3) is 4.94. The van der Waals surface area contributed by atoms with Gasteiger partial charge in [-0.1, -0.05) is 39.0 Å². The minimum Gasteiger partial charge on any atom is -0.331 e. The predicted octanol–water partition coefficient (Wildman–Crippen LogP) is 4.62. The molecule has 1 aliphatic carbocycles. The molecule has 0 saturated heterocycles. The fourth-order valence-corrected chi connectivity index (χ4v) is 2.80. The molecule has 1 N–H and O–H groups in total. The number of amides is 2. The molecule has 0 radical (unpaired) electrons. The Hall–Kier alpha value is -2.69. The van der Waals surface area contributed by atoms with Crippen molar-refractivity contribution in [1.29, 1.82) is 0 Å². The molecule has 142 valence electrons. The Balaban J connectivity index is 1.78. The predicted molar refractivity (Wildman–Crippen MR) is 104 cm³/mol. The summed E-state index contributed by atoms with van der Waals surface area (Å²) < 4.78 is 13.5. The Bertz CT molecular complexity index is 853. The average molecular weight is 368 g/mol. The number of halogens is 1. The van der Waals surface area contributed by atoms with Crippen LogP contribution in [0.2, 0.25) is 0 Å². The molecule has 2 amide bonds. The Morgan fingerprint density at radius 1 is 1.11 bits per heavy atom. The lowest BCUT2D eigenvalue weighted by Gasteiger charge is -2.23. The number of nitrogens with one attached hydrogen (secondary N) is 1. The first-order valence-electron chi connectivity index (χ1n) is 9.21. The second-order valence-corrected chi connectivity index (χ2v) is 8.08. The van der Waals surface area contributed by atoms with E-state index in [9.17, 15) is 14.0 Å². The summed E-state index contributed by atoms with van der Waals surface area (Å²) in [6, 6.07) is 13.5. The monoisotopic (exact) mass is 368 g/mol. The number of carbonyl (C=O) groups is 2. The first-order valence-corrected chi connectivity index (χ1v) is 9.21. The van der Waals surface area contributed by atoms with Crippen molar-refractivity contribution in [2.24, 2.45) is 5.41 Å². The number of hydrogen-bond acceptors (Lipinski definition) is 2. The minimum absolute atomic E-state index is 0.103. The quantitative estimate of drug-likeness (QED) is 0.837. The number of carbonyl (C=O) groups excluding carboxylic acids is 2. The van der Waals surface area contributed by atoms with Gasteiger partial charge in [0, 0.05) is 29.3 Å². The van der Waals surface area contributed by atoms with Gasteiger partial charge < -0.3 is 10.2 Å².